The number of methoxy groups -OCH3 is 1. The predicted octanol–water partition coefficient (Wildman–Crippen LogP) is 5.20. The molecule has 6 rings (SSSR count). The van der Waals surface area contributed by atoms with Gasteiger partial charge in [-0.3, -0.25) is 19.3 Å². The fraction of sp³-hybridized carbons (Fsp3) is 0.545. The van der Waals surface area contributed by atoms with Crippen LogP contribution in [0.15, 0.2) is 41.3 Å². The summed E-state index contributed by atoms with van der Waals surface area (Å²) in [5, 5.41) is 64.3. The van der Waals surface area contributed by atoms with Gasteiger partial charge in [-0.25, -0.2) is 0 Å². The molecule has 0 radical (unpaired) electrons. The summed E-state index contributed by atoms with van der Waals surface area (Å²) in [6, 6.07) is 0. The van der Waals surface area contributed by atoms with Crippen LogP contribution in [0.4, 0.5) is 5.69 Å². The third-order valence-electron chi connectivity index (χ3n) is 12.0. The number of benzene rings is 2. The Morgan fingerprint density at radius 2 is 1.67 bits per heavy atom. The molecule has 1 amide bonds. The molecule has 9 atom stereocenters. The van der Waals surface area contributed by atoms with Gasteiger partial charge in [-0.1, -0.05) is 51.1 Å². The predicted molar refractivity (Wildman–Crippen MR) is 223 cm³/mol. The smallest absolute Gasteiger partial charge is 0.312 e. The second-order valence-corrected chi connectivity index (χ2v) is 16.2. The van der Waals surface area contributed by atoms with Crippen molar-refractivity contribution in [3.63, 3.8) is 0 Å². The Morgan fingerprint density at radius 3 is 2.32 bits per heavy atom. The lowest BCUT2D eigenvalue weighted by Crippen LogP contribution is -2.46. The average Bonchev–Trinajstić information content (AvgIpc) is 3.83. The van der Waals surface area contributed by atoms with Crippen molar-refractivity contribution in [3.8, 4) is 23.0 Å². The van der Waals surface area contributed by atoms with Gasteiger partial charge in [0.2, 0.25) is 0 Å². The number of esters is 1. The van der Waals surface area contributed by atoms with Crippen LogP contribution in [0, 0.1) is 30.6 Å². The Balaban J connectivity index is 1.66. The Morgan fingerprint density at radius 1 is 0.983 bits per heavy atom. The molecule has 4 aliphatic heterocycles. The van der Waals surface area contributed by atoms with E-state index in [-0.39, 0.29) is 51.1 Å². The van der Waals surface area contributed by atoms with Crippen molar-refractivity contribution in [2.24, 2.45) is 28.8 Å². The van der Waals surface area contributed by atoms with Gasteiger partial charge in [-0.2, -0.15) is 0 Å². The van der Waals surface area contributed by atoms with Crippen LogP contribution in [0.3, 0.4) is 0 Å². The third kappa shape index (κ3) is 9.26. The van der Waals surface area contributed by atoms with E-state index in [1.807, 2.05) is 0 Å². The molecule has 0 aliphatic carbocycles. The van der Waals surface area contributed by atoms with Crippen molar-refractivity contribution >= 4 is 40.3 Å². The summed E-state index contributed by atoms with van der Waals surface area (Å²) < 4.78 is 23.6. The number of phenolic OH excluding ortho intramolecular Hbond substituents is 3. The minimum atomic E-state index is -2.06. The zero-order valence-electron chi connectivity index (χ0n) is 35.7. The van der Waals surface area contributed by atoms with Crippen LogP contribution in [0.25, 0.3) is 10.8 Å². The van der Waals surface area contributed by atoms with Crippen LogP contribution >= 0.6 is 0 Å². The normalized spacial score (nSPS) is 31.4. The monoisotopic (exact) mass is 837 g/mol. The number of aliphatic hydroxyl groups is 2. The summed E-state index contributed by atoms with van der Waals surface area (Å²) in [7, 11) is 1.43. The largest absolute Gasteiger partial charge is 0.507 e. The van der Waals surface area contributed by atoms with Crippen molar-refractivity contribution < 1.29 is 63.7 Å². The molecule has 2 aromatic rings. The number of aliphatic hydroxyl groups excluding tert-OH is 2. The fourth-order valence-corrected chi connectivity index (χ4v) is 8.19. The van der Waals surface area contributed by atoms with Crippen LogP contribution in [-0.2, 0) is 28.6 Å². The van der Waals surface area contributed by atoms with E-state index in [0.29, 0.717) is 6.54 Å². The first kappa shape index (κ1) is 45.9. The van der Waals surface area contributed by atoms with E-state index in [1.54, 1.807) is 39.8 Å². The highest BCUT2D eigenvalue weighted by molar-refractivity contribution is 6.23. The molecule has 60 heavy (non-hydrogen) atoms. The van der Waals surface area contributed by atoms with Crippen LogP contribution in [0.2, 0.25) is 0 Å². The van der Waals surface area contributed by atoms with Gasteiger partial charge in [0.25, 0.3) is 11.7 Å². The molecule has 2 aromatic carbocycles. The lowest BCUT2D eigenvalue weighted by Gasteiger charge is -2.38. The number of fused-ring (bicyclic) bond motifs is 14. The van der Waals surface area contributed by atoms with Gasteiger partial charge < -0.3 is 54.6 Å². The highest BCUT2D eigenvalue weighted by atomic mass is 16.7. The highest BCUT2D eigenvalue weighted by Crippen LogP contribution is 2.55. The molecule has 328 valence electrons. The molecule has 0 spiro atoms. The maximum Gasteiger partial charge on any atom is 0.312 e. The molecule has 5 bridgehead atoms. The number of anilines is 1. The number of carbonyl (C=O) groups is 3. The number of carbonyl (C=O) groups excluding carboxylic acids is 3. The topological polar surface area (TPSA) is 226 Å². The lowest BCUT2D eigenvalue weighted by molar-refractivity contribution is -0.160. The van der Waals surface area contributed by atoms with E-state index in [1.165, 1.54) is 53.2 Å². The molecule has 16 nitrogen and oxygen atoms in total. The van der Waals surface area contributed by atoms with Gasteiger partial charge >= 0.3 is 11.8 Å². The molecular formula is C44H59N3O13. The molecule has 9 unspecified atom stereocenters. The number of amides is 1. The average molecular weight is 838 g/mol. The summed E-state index contributed by atoms with van der Waals surface area (Å²) in [6.45, 7) is 15.2. The van der Waals surface area contributed by atoms with E-state index in [0.717, 1.165) is 32.1 Å². The van der Waals surface area contributed by atoms with E-state index in [2.05, 4.69) is 15.4 Å². The van der Waals surface area contributed by atoms with Crippen molar-refractivity contribution in [3.05, 3.63) is 52.8 Å². The summed E-state index contributed by atoms with van der Waals surface area (Å²) in [5.41, 5.74) is -0.561. The number of allylic oxidation sites excluding steroid dienone is 2. The molecule has 16 heteroatoms. The second kappa shape index (κ2) is 19.0. The SMILES string of the molecule is COC1/C=C/OC2(C)Oc3c(C)c(O)c4c(O)c(c(/C=N/OCCN5CCCC5)c(O)c4c3C2=O)NC(=O)/C(C)=C/C=C/C(C)C(O)C(C)C(O)C(C)C(OC(C)=O)C1C. The fourth-order valence-electron chi connectivity index (χ4n) is 8.19. The highest BCUT2D eigenvalue weighted by Gasteiger charge is 2.50. The first-order chi connectivity index (χ1) is 28.3. The van der Waals surface area contributed by atoms with Crippen molar-refractivity contribution in [2.75, 3.05) is 38.7 Å². The van der Waals surface area contributed by atoms with Crippen LogP contribution in [0.5, 0.6) is 23.0 Å². The minimum Gasteiger partial charge on any atom is -0.507 e. The number of ether oxygens (including phenoxy) is 4. The number of oxime groups is 1. The second-order valence-electron chi connectivity index (χ2n) is 16.2. The van der Waals surface area contributed by atoms with Gasteiger partial charge in [-0.05, 0) is 45.9 Å². The number of aromatic hydroxyl groups is 3. The lowest BCUT2D eigenvalue weighted by atomic mass is 9.78. The number of likely N-dealkylation sites (tertiary alicyclic amines) is 1. The zero-order chi connectivity index (χ0) is 44.2. The maximum absolute atomic E-state index is 14.4. The molecule has 6 N–H and O–H groups in total. The van der Waals surface area contributed by atoms with E-state index in [4.69, 9.17) is 23.8 Å². The number of hydrogen-bond acceptors (Lipinski definition) is 15. The third-order valence-corrected chi connectivity index (χ3v) is 12.0. The number of nitrogens with one attached hydrogen (secondary N) is 1. The van der Waals surface area contributed by atoms with Crippen molar-refractivity contribution in [1.29, 1.82) is 0 Å². The van der Waals surface area contributed by atoms with Crippen molar-refractivity contribution in [1.82, 2.24) is 4.90 Å². The first-order valence-corrected chi connectivity index (χ1v) is 20.3. The molecule has 1 fully saturated rings. The number of hydrogen-bond donors (Lipinski definition) is 6. The summed E-state index contributed by atoms with van der Waals surface area (Å²) in [4.78, 5) is 48.2. The van der Waals surface area contributed by atoms with E-state index < -0.39 is 88.8 Å². The van der Waals surface area contributed by atoms with Gasteiger partial charge in [-0.15, -0.1) is 0 Å². The standard InChI is InChI=1S/C44H59N3O13/c1-22-13-12-14-23(2)43(55)46-34-29(21-45-58-20-18-47-16-10-11-17-47)38(52)31-32(39(34)53)37(51)27(6)41-33(31)42(54)44(8,60-41)57-19-15-30(56-9)24(3)40(59-28(7)48)26(5)36(50)25(4)35(22)49/h12-15,19,21-22,24-26,30,35-36,40,49-53H,10-11,16-18,20H2,1-9H3,(H,46,55)/b13-12+,19-15+,23-14+,45-21+. The molecule has 4 heterocycles. The van der Waals surface area contributed by atoms with Crippen LogP contribution in [0.1, 0.15) is 82.8 Å². The van der Waals surface area contributed by atoms with Crippen molar-refractivity contribution in [2.45, 2.75) is 98.4 Å². The Labute approximate surface area is 350 Å². The summed E-state index contributed by atoms with van der Waals surface area (Å²) in [5.74, 6) is -8.57. The zero-order valence-corrected chi connectivity index (χ0v) is 35.7. The number of rotatable bonds is 7. The quantitative estimate of drug-likeness (QED) is 0.0527. The van der Waals surface area contributed by atoms with Crippen LogP contribution in [-0.4, -0.2) is 118 Å². The summed E-state index contributed by atoms with van der Waals surface area (Å²) >= 11 is 0. The number of phenols is 3. The minimum absolute atomic E-state index is 0.0400. The maximum atomic E-state index is 14.4. The van der Waals surface area contributed by atoms with E-state index >= 15 is 0 Å². The molecule has 0 aromatic heterocycles. The number of ketones is 1. The number of Topliss-reactive ketones (excluding diaryl/α,β-unsaturated/α-hetero) is 1. The molecule has 0 saturated carbocycles. The molecule has 4 aliphatic rings. The Bertz CT molecular complexity index is 2070. The van der Waals surface area contributed by atoms with Gasteiger partial charge in [0.05, 0.1) is 53.0 Å². The van der Waals surface area contributed by atoms with Gasteiger partial charge in [0.1, 0.15) is 30.0 Å². The summed E-state index contributed by atoms with van der Waals surface area (Å²) in [6.07, 6.45) is 6.78. The Kier molecular flexibility index (Phi) is 14.6. The molecule has 1 saturated heterocycles. The molecular weight excluding hydrogens is 778 g/mol. The van der Waals surface area contributed by atoms with Crippen LogP contribution < -0.4 is 10.1 Å². The first-order valence-electron chi connectivity index (χ1n) is 20.3. The van der Waals surface area contributed by atoms with Gasteiger partial charge in [0, 0.05) is 67.7 Å². The van der Waals surface area contributed by atoms with Gasteiger partial charge in [0.15, 0.2) is 5.75 Å². The Hall–Kier alpha value is -5.16. The number of nitrogens with zero attached hydrogens (tertiary/aromatic N) is 2. The van der Waals surface area contributed by atoms with E-state index in [9.17, 15) is 39.9 Å².